The number of nitrogens with one attached hydrogen (secondary N) is 1. The Kier molecular flexibility index (Phi) is 9.81. The van der Waals surface area contributed by atoms with Gasteiger partial charge in [0.25, 0.3) is 0 Å². The first-order valence-corrected chi connectivity index (χ1v) is 12.2. The Morgan fingerprint density at radius 3 is 2.19 bits per heavy atom. The van der Waals surface area contributed by atoms with Gasteiger partial charge in [-0.2, -0.15) is 8.42 Å². The second kappa shape index (κ2) is 12.3. The predicted molar refractivity (Wildman–Crippen MR) is 121 cm³/mol. The van der Waals surface area contributed by atoms with Crippen LogP contribution >= 0.6 is 0 Å². The Morgan fingerprint density at radius 1 is 0.968 bits per heavy atom. The number of hydrogen-bond donors (Lipinski definition) is 1. The van der Waals surface area contributed by atoms with Crippen LogP contribution in [-0.2, 0) is 37.2 Å². The molecule has 2 aromatic rings. The van der Waals surface area contributed by atoms with Crippen molar-refractivity contribution < 1.29 is 26.9 Å². The summed E-state index contributed by atoms with van der Waals surface area (Å²) in [5.74, 6) is -0.0125. The van der Waals surface area contributed by atoms with Crippen molar-refractivity contribution in [3.63, 3.8) is 0 Å². The second-order valence-electron chi connectivity index (χ2n) is 7.06. The van der Waals surface area contributed by atoms with Crippen molar-refractivity contribution in [2.24, 2.45) is 0 Å². The molecule has 0 fully saturated rings. The lowest BCUT2D eigenvalue weighted by Crippen LogP contribution is -2.28. The van der Waals surface area contributed by atoms with Gasteiger partial charge in [-0.1, -0.05) is 24.3 Å². The Morgan fingerprint density at radius 2 is 1.61 bits per heavy atom. The largest absolute Gasteiger partial charge is 0.464 e. The van der Waals surface area contributed by atoms with Gasteiger partial charge >= 0.3 is 16.1 Å². The van der Waals surface area contributed by atoms with Gasteiger partial charge in [-0.15, -0.1) is 0 Å². The highest BCUT2D eigenvalue weighted by molar-refractivity contribution is 7.86. The van der Waals surface area contributed by atoms with E-state index in [1.54, 1.807) is 19.1 Å². The molecule has 7 nitrogen and oxygen atoms in total. The number of esters is 1. The maximum atomic E-state index is 12.0. The summed E-state index contributed by atoms with van der Waals surface area (Å²) in [4.78, 5) is 12.0. The van der Waals surface area contributed by atoms with Gasteiger partial charge in [-0.25, -0.2) is 4.79 Å². The van der Waals surface area contributed by atoms with E-state index in [1.165, 1.54) is 0 Å². The molecule has 31 heavy (non-hydrogen) atoms. The topological polar surface area (TPSA) is 90.9 Å². The Labute approximate surface area is 184 Å². The fourth-order valence-corrected chi connectivity index (χ4v) is 3.49. The molecule has 0 aliphatic rings. The molecule has 0 saturated carbocycles. The third-order valence-corrected chi connectivity index (χ3v) is 4.93. The van der Waals surface area contributed by atoms with E-state index in [-0.39, 0.29) is 5.97 Å². The summed E-state index contributed by atoms with van der Waals surface area (Å²) in [7, 11) is -3.50. The van der Waals surface area contributed by atoms with Crippen LogP contribution in [0.2, 0.25) is 0 Å². The fourth-order valence-electron chi connectivity index (χ4n) is 3.03. The molecule has 0 aliphatic carbocycles. The van der Waals surface area contributed by atoms with Crippen molar-refractivity contribution in [3.05, 3.63) is 59.7 Å². The zero-order chi connectivity index (χ0) is 22.7. The number of aryl methyl sites for hydroxylation is 1. The molecule has 170 valence electrons. The van der Waals surface area contributed by atoms with E-state index in [0.717, 1.165) is 42.5 Å². The first kappa shape index (κ1) is 24.7. The molecule has 1 N–H and O–H groups in total. The number of ether oxygens (including phenoxy) is 2. The highest BCUT2D eigenvalue weighted by atomic mass is 32.2. The molecule has 2 rings (SSSR count). The Bertz CT molecular complexity index is 910. The summed E-state index contributed by atoms with van der Waals surface area (Å²) < 4.78 is 37.7. The van der Waals surface area contributed by atoms with Crippen LogP contribution in [0.5, 0.6) is 5.75 Å². The number of carbonyl (C=O) groups excluding carboxylic acids is 1. The lowest BCUT2D eigenvalue weighted by molar-refractivity contribution is -0.156. The van der Waals surface area contributed by atoms with Crippen LogP contribution in [0.1, 0.15) is 31.4 Å². The van der Waals surface area contributed by atoms with Crippen molar-refractivity contribution in [1.82, 2.24) is 0 Å². The second-order valence-corrected chi connectivity index (χ2v) is 8.63. The van der Waals surface area contributed by atoms with Gasteiger partial charge in [-0.05, 0) is 62.1 Å². The minimum atomic E-state index is -3.50. The van der Waals surface area contributed by atoms with Crippen molar-refractivity contribution in [2.75, 3.05) is 31.3 Å². The summed E-state index contributed by atoms with van der Waals surface area (Å²) in [6.07, 6.45) is 2.70. The minimum absolute atomic E-state index is 0.319. The first-order chi connectivity index (χ1) is 14.8. The maximum absolute atomic E-state index is 12.0. The monoisotopic (exact) mass is 449 g/mol. The molecule has 0 radical (unpaired) electrons. The standard InChI is InChI=1S/C23H31NO6S/c1-4-28-22(23(25)29-5-2)17-19-8-12-20(13-9-19)24-16-6-7-18-10-14-21(15-11-18)30-31(3,26)27/h8-15,22,24H,4-7,16-17H2,1-3H3. The zero-order valence-electron chi connectivity index (χ0n) is 18.3. The van der Waals surface area contributed by atoms with E-state index in [2.05, 4.69) is 5.32 Å². The van der Waals surface area contributed by atoms with Gasteiger partial charge < -0.3 is 19.0 Å². The SMILES string of the molecule is CCOC(=O)C(Cc1ccc(NCCCc2ccc(OS(C)(=O)=O)cc2)cc1)OCC. The highest BCUT2D eigenvalue weighted by Crippen LogP contribution is 2.16. The molecule has 0 bridgehead atoms. The molecule has 8 heteroatoms. The molecule has 0 spiro atoms. The van der Waals surface area contributed by atoms with Gasteiger partial charge in [0.1, 0.15) is 5.75 Å². The third-order valence-electron chi connectivity index (χ3n) is 4.43. The van der Waals surface area contributed by atoms with Crippen LogP contribution in [0.3, 0.4) is 0 Å². The molecule has 0 aliphatic heterocycles. The Hall–Kier alpha value is -2.58. The van der Waals surface area contributed by atoms with Crippen molar-refractivity contribution in [3.8, 4) is 5.75 Å². The zero-order valence-corrected chi connectivity index (χ0v) is 19.1. The smallest absolute Gasteiger partial charge is 0.335 e. The van der Waals surface area contributed by atoms with Gasteiger partial charge in [0.15, 0.2) is 6.10 Å². The van der Waals surface area contributed by atoms with E-state index in [0.29, 0.717) is 25.4 Å². The molecule has 0 saturated heterocycles. The van der Waals surface area contributed by atoms with Gasteiger partial charge in [-0.3, -0.25) is 0 Å². The quantitative estimate of drug-likeness (QED) is 0.284. The average molecular weight is 450 g/mol. The van der Waals surface area contributed by atoms with Crippen LogP contribution in [0.4, 0.5) is 5.69 Å². The highest BCUT2D eigenvalue weighted by Gasteiger charge is 2.20. The van der Waals surface area contributed by atoms with Gasteiger partial charge in [0.2, 0.25) is 0 Å². The average Bonchev–Trinajstić information content (AvgIpc) is 2.72. The van der Waals surface area contributed by atoms with E-state index in [1.807, 2.05) is 43.3 Å². The van der Waals surface area contributed by atoms with Crippen LogP contribution in [0.25, 0.3) is 0 Å². The molecule has 1 atom stereocenters. The van der Waals surface area contributed by atoms with Crippen molar-refractivity contribution in [1.29, 1.82) is 0 Å². The van der Waals surface area contributed by atoms with Gasteiger partial charge in [0.05, 0.1) is 12.9 Å². The van der Waals surface area contributed by atoms with Crippen LogP contribution in [0, 0.1) is 0 Å². The third kappa shape index (κ3) is 9.40. The first-order valence-electron chi connectivity index (χ1n) is 10.4. The van der Waals surface area contributed by atoms with E-state index >= 15 is 0 Å². The van der Waals surface area contributed by atoms with E-state index in [9.17, 15) is 13.2 Å². The number of rotatable bonds is 13. The number of hydrogen-bond acceptors (Lipinski definition) is 7. The van der Waals surface area contributed by atoms with Crippen LogP contribution in [0.15, 0.2) is 48.5 Å². The van der Waals surface area contributed by atoms with Crippen molar-refractivity contribution in [2.45, 2.75) is 39.2 Å². The molecule has 0 amide bonds. The molecule has 2 aromatic carbocycles. The fraction of sp³-hybridized carbons (Fsp3) is 0.435. The lowest BCUT2D eigenvalue weighted by atomic mass is 10.1. The lowest BCUT2D eigenvalue weighted by Gasteiger charge is -2.16. The van der Waals surface area contributed by atoms with E-state index in [4.69, 9.17) is 13.7 Å². The van der Waals surface area contributed by atoms with Crippen molar-refractivity contribution >= 4 is 21.8 Å². The van der Waals surface area contributed by atoms with E-state index < -0.39 is 16.2 Å². The summed E-state index contributed by atoms with van der Waals surface area (Å²) in [6.45, 7) is 5.23. The Balaban J connectivity index is 1.77. The van der Waals surface area contributed by atoms with Gasteiger partial charge in [0, 0.05) is 25.3 Å². The maximum Gasteiger partial charge on any atom is 0.335 e. The summed E-state index contributed by atoms with van der Waals surface area (Å²) in [5.41, 5.74) is 3.12. The van der Waals surface area contributed by atoms with Crippen LogP contribution in [-0.4, -0.2) is 46.5 Å². The molecule has 0 aromatic heterocycles. The minimum Gasteiger partial charge on any atom is -0.464 e. The molecular weight excluding hydrogens is 418 g/mol. The predicted octanol–water partition coefficient (Wildman–Crippen LogP) is 3.58. The molecule has 0 heterocycles. The number of carbonyl (C=O) groups is 1. The normalized spacial score (nSPS) is 12.2. The summed E-state index contributed by atoms with van der Waals surface area (Å²) in [5, 5.41) is 3.38. The summed E-state index contributed by atoms with van der Waals surface area (Å²) in [6, 6.07) is 15.0. The number of anilines is 1. The summed E-state index contributed by atoms with van der Waals surface area (Å²) >= 11 is 0. The van der Waals surface area contributed by atoms with Crippen LogP contribution < -0.4 is 9.50 Å². The molecule has 1 unspecified atom stereocenters. The molecular formula is C23H31NO6S. The number of benzene rings is 2.